The molecule has 2 amide bonds. The highest BCUT2D eigenvalue weighted by molar-refractivity contribution is 6.38. The molecule has 0 saturated carbocycles. The van der Waals surface area contributed by atoms with Crippen LogP contribution in [0.1, 0.15) is 28.3 Å². The second-order valence-electron chi connectivity index (χ2n) is 6.51. The first-order chi connectivity index (χ1) is 14.0. The molecule has 29 heavy (non-hydrogen) atoms. The zero-order valence-electron chi connectivity index (χ0n) is 15.9. The van der Waals surface area contributed by atoms with Crippen LogP contribution in [0.15, 0.2) is 61.1 Å². The molecule has 0 spiro atoms. The van der Waals surface area contributed by atoms with Crippen LogP contribution < -0.4 is 11.1 Å². The summed E-state index contributed by atoms with van der Waals surface area (Å²) in [7, 11) is 0. The first-order valence-electron chi connectivity index (χ1n) is 9.10. The number of carbonyl (C=O) groups excluding carboxylic acids is 3. The first kappa shape index (κ1) is 19.9. The van der Waals surface area contributed by atoms with Crippen molar-refractivity contribution in [1.82, 2.24) is 19.9 Å². The van der Waals surface area contributed by atoms with Crippen LogP contribution in [-0.4, -0.2) is 38.2 Å². The van der Waals surface area contributed by atoms with Gasteiger partial charge in [0.2, 0.25) is 5.78 Å². The number of pyridine rings is 1. The maximum absolute atomic E-state index is 12.9. The molecular formula is C21H21N5O3. The smallest absolute Gasteiger partial charge is 0.287 e. The van der Waals surface area contributed by atoms with Gasteiger partial charge in [0.15, 0.2) is 0 Å². The molecule has 0 aliphatic carbocycles. The minimum absolute atomic E-state index is 0.246. The van der Waals surface area contributed by atoms with Crippen LogP contribution >= 0.6 is 0 Å². The number of carbonyl (C=O) groups is 3. The summed E-state index contributed by atoms with van der Waals surface area (Å²) in [6, 6.07) is 11.9. The lowest BCUT2D eigenvalue weighted by Gasteiger charge is -2.17. The summed E-state index contributed by atoms with van der Waals surface area (Å²) in [5, 5.41) is 2.64. The summed E-state index contributed by atoms with van der Waals surface area (Å²) >= 11 is 0. The van der Waals surface area contributed by atoms with Gasteiger partial charge in [-0.15, -0.1) is 0 Å². The molecule has 0 radical (unpaired) electrons. The average Bonchev–Trinajstić information content (AvgIpc) is 3.13. The number of aryl methyl sites for hydroxylation is 2. The summed E-state index contributed by atoms with van der Waals surface area (Å²) < 4.78 is 1.65. The first-order valence-corrected chi connectivity index (χ1v) is 9.10. The zero-order chi connectivity index (χ0) is 20.8. The van der Waals surface area contributed by atoms with Crippen molar-refractivity contribution in [3.63, 3.8) is 0 Å². The van der Waals surface area contributed by atoms with Gasteiger partial charge in [0.25, 0.3) is 11.8 Å². The van der Waals surface area contributed by atoms with Crippen molar-refractivity contribution in [2.75, 3.05) is 0 Å². The molecule has 0 aliphatic heterocycles. The van der Waals surface area contributed by atoms with Gasteiger partial charge < -0.3 is 11.1 Å². The number of hydrogen-bond acceptors (Lipinski definition) is 5. The minimum Gasteiger partial charge on any atom is -0.363 e. The molecule has 2 heterocycles. The number of nitrogens with zero attached hydrogens (tertiary/aromatic N) is 3. The molecule has 0 fully saturated rings. The Morgan fingerprint density at radius 3 is 2.45 bits per heavy atom. The summed E-state index contributed by atoms with van der Waals surface area (Å²) in [6.07, 6.45) is 5.40. The van der Waals surface area contributed by atoms with Crippen molar-refractivity contribution in [3.05, 3.63) is 78.1 Å². The van der Waals surface area contributed by atoms with E-state index in [1.165, 1.54) is 6.20 Å². The van der Waals surface area contributed by atoms with Crippen LogP contribution in [0, 0.1) is 6.92 Å². The van der Waals surface area contributed by atoms with Crippen molar-refractivity contribution in [1.29, 1.82) is 0 Å². The third kappa shape index (κ3) is 4.73. The van der Waals surface area contributed by atoms with Crippen LogP contribution in [0.5, 0.6) is 0 Å². The Kier molecular flexibility index (Phi) is 6.13. The van der Waals surface area contributed by atoms with Crippen LogP contribution in [0.25, 0.3) is 5.69 Å². The summed E-state index contributed by atoms with van der Waals surface area (Å²) in [6.45, 7) is 1.76. The lowest BCUT2D eigenvalue weighted by Crippen LogP contribution is -2.46. The molecule has 0 aliphatic rings. The number of primary amides is 1. The Bertz CT molecular complexity index is 1020. The van der Waals surface area contributed by atoms with Gasteiger partial charge in [-0.05, 0) is 37.5 Å². The fourth-order valence-electron chi connectivity index (χ4n) is 3.05. The second kappa shape index (κ2) is 8.92. The Labute approximate surface area is 167 Å². The van der Waals surface area contributed by atoms with Crippen LogP contribution in [0.3, 0.4) is 0 Å². The van der Waals surface area contributed by atoms with Crippen LogP contribution in [0.2, 0.25) is 0 Å². The van der Waals surface area contributed by atoms with Crippen molar-refractivity contribution in [3.8, 4) is 5.69 Å². The summed E-state index contributed by atoms with van der Waals surface area (Å²) in [4.78, 5) is 44.8. The van der Waals surface area contributed by atoms with E-state index in [1.54, 1.807) is 36.0 Å². The molecule has 3 N–H and O–H groups in total. The number of hydrogen-bond donors (Lipinski definition) is 2. The van der Waals surface area contributed by atoms with Gasteiger partial charge in [0.05, 0.1) is 17.9 Å². The SMILES string of the molecule is Cc1ncc(C(=O)NC(CCc2ccccc2)C(=O)C(N)=O)n1-c1ccncc1. The highest BCUT2D eigenvalue weighted by Gasteiger charge is 2.27. The number of imidazole rings is 1. The lowest BCUT2D eigenvalue weighted by molar-refractivity contribution is -0.137. The normalized spacial score (nSPS) is 11.6. The molecule has 8 heteroatoms. The number of Topliss-reactive ketones (excluding diaryl/α,β-unsaturated/α-hetero) is 1. The maximum Gasteiger partial charge on any atom is 0.287 e. The lowest BCUT2D eigenvalue weighted by atomic mass is 10.0. The number of aromatic nitrogens is 3. The quantitative estimate of drug-likeness (QED) is 0.562. The summed E-state index contributed by atoms with van der Waals surface area (Å²) in [5.74, 6) is -1.83. The van der Waals surface area contributed by atoms with Gasteiger partial charge in [0.1, 0.15) is 11.5 Å². The standard InChI is InChI=1S/C21H21N5O3/c1-14-24-13-18(26(14)16-9-11-23-12-10-16)21(29)25-17(19(27)20(22)28)8-7-15-5-3-2-4-6-15/h2-6,9-13,17H,7-8H2,1H3,(H2,22,28)(H,25,29). The molecule has 8 nitrogen and oxygen atoms in total. The zero-order valence-corrected chi connectivity index (χ0v) is 15.9. The monoisotopic (exact) mass is 391 g/mol. The molecule has 1 aromatic carbocycles. The Morgan fingerprint density at radius 2 is 1.79 bits per heavy atom. The third-order valence-corrected chi connectivity index (χ3v) is 4.52. The molecule has 2 aromatic heterocycles. The van der Waals surface area contributed by atoms with E-state index < -0.39 is 23.6 Å². The van der Waals surface area contributed by atoms with E-state index >= 15 is 0 Å². The largest absolute Gasteiger partial charge is 0.363 e. The van der Waals surface area contributed by atoms with E-state index in [0.29, 0.717) is 17.9 Å². The molecule has 0 saturated heterocycles. The molecule has 1 unspecified atom stereocenters. The molecule has 1 atom stereocenters. The van der Waals surface area contributed by atoms with E-state index in [-0.39, 0.29) is 12.1 Å². The third-order valence-electron chi connectivity index (χ3n) is 4.52. The number of ketones is 1. The van der Waals surface area contributed by atoms with E-state index in [9.17, 15) is 14.4 Å². The van der Waals surface area contributed by atoms with Crippen LogP contribution in [-0.2, 0) is 16.0 Å². The van der Waals surface area contributed by atoms with Gasteiger partial charge >= 0.3 is 0 Å². The second-order valence-corrected chi connectivity index (χ2v) is 6.51. The highest BCUT2D eigenvalue weighted by atomic mass is 16.2. The Morgan fingerprint density at radius 1 is 1.10 bits per heavy atom. The van der Waals surface area contributed by atoms with Crippen molar-refractivity contribution in [2.45, 2.75) is 25.8 Å². The van der Waals surface area contributed by atoms with E-state index in [1.807, 2.05) is 30.3 Å². The Balaban J connectivity index is 1.82. The van der Waals surface area contributed by atoms with Crippen molar-refractivity contribution < 1.29 is 14.4 Å². The molecule has 3 aromatic rings. The van der Waals surface area contributed by atoms with Gasteiger partial charge in [-0.1, -0.05) is 30.3 Å². The highest BCUT2D eigenvalue weighted by Crippen LogP contribution is 2.14. The summed E-state index contributed by atoms with van der Waals surface area (Å²) in [5.41, 5.74) is 7.13. The van der Waals surface area contributed by atoms with Crippen LogP contribution in [0.4, 0.5) is 0 Å². The maximum atomic E-state index is 12.9. The predicted octanol–water partition coefficient (Wildman–Crippen LogP) is 1.36. The number of rotatable bonds is 8. The van der Waals surface area contributed by atoms with Gasteiger partial charge in [-0.3, -0.25) is 23.9 Å². The van der Waals surface area contributed by atoms with E-state index in [4.69, 9.17) is 5.73 Å². The van der Waals surface area contributed by atoms with Gasteiger partial charge in [0, 0.05) is 12.4 Å². The fraction of sp³-hybridized carbons (Fsp3) is 0.190. The average molecular weight is 391 g/mol. The van der Waals surface area contributed by atoms with E-state index in [0.717, 1.165) is 5.56 Å². The van der Waals surface area contributed by atoms with Crippen molar-refractivity contribution in [2.24, 2.45) is 5.73 Å². The molecule has 0 bridgehead atoms. The molecule has 3 rings (SSSR count). The predicted molar refractivity (Wildman–Crippen MR) is 106 cm³/mol. The van der Waals surface area contributed by atoms with E-state index in [2.05, 4.69) is 15.3 Å². The fourth-order valence-corrected chi connectivity index (χ4v) is 3.05. The van der Waals surface area contributed by atoms with Gasteiger partial charge in [-0.2, -0.15) is 0 Å². The molecular weight excluding hydrogens is 370 g/mol. The number of nitrogens with two attached hydrogens (primary N) is 1. The molecule has 148 valence electrons. The topological polar surface area (TPSA) is 120 Å². The Hall–Kier alpha value is -3.81. The number of benzene rings is 1. The number of amides is 2. The van der Waals surface area contributed by atoms with Crippen molar-refractivity contribution >= 4 is 17.6 Å². The minimum atomic E-state index is -1.08. The number of nitrogens with one attached hydrogen (secondary N) is 1. The van der Waals surface area contributed by atoms with Gasteiger partial charge in [-0.25, -0.2) is 4.98 Å².